The molecule has 5 heteroatoms. The smallest absolute Gasteiger partial charge is 0.129 e. The van der Waals surface area contributed by atoms with Crippen molar-refractivity contribution in [1.82, 2.24) is 9.88 Å². The summed E-state index contributed by atoms with van der Waals surface area (Å²) in [5.74, 6) is 0.890. The predicted molar refractivity (Wildman–Crippen MR) is 107 cm³/mol. The number of pyridine rings is 1. The average Bonchev–Trinajstić information content (AvgIpc) is 2.61. The zero-order valence-electron chi connectivity index (χ0n) is 15.3. The molecule has 0 bridgehead atoms. The van der Waals surface area contributed by atoms with Gasteiger partial charge in [-0.05, 0) is 63.2 Å². The number of hydrogen-bond acceptors (Lipinski definition) is 4. The van der Waals surface area contributed by atoms with Crippen LogP contribution in [-0.4, -0.2) is 43.1 Å². The van der Waals surface area contributed by atoms with Crippen LogP contribution < -0.4 is 10.2 Å². The summed E-state index contributed by atoms with van der Waals surface area (Å²) in [7, 11) is 4.43. The van der Waals surface area contributed by atoms with Crippen molar-refractivity contribution in [3.8, 4) is 0 Å². The second-order valence-electron chi connectivity index (χ2n) is 6.95. The van der Waals surface area contributed by atoms with E-state index in [4.69, 9.17) is 11.6 Å². The summed E-state index contributed by atoms with van der Waals surface area (Å²) in [6, 6.07) is 11.2. The maximum absolute atomic E-state index is 6.00. The number of benzene rings is 1. The van der Waals surface area contributed by atoms with Crippen molar-refractivity contribution in [2.45, 2.75) is 32.4 Å². The highest BCUT2D eigenvalue weighted by atomic mass is 35.5. The number of aromatic nitrogens is 1. The number of rotatable bonds is 5. The molecule has 1 N–H and O–H groups in total. The van der Waals surface area contributed by atoms with Gasteiger partial charge in [0.05, 0.1) is 5.02 Å². The second-order valence-corrected chi connectivity index (χ2v) is 7.38. The van der Waals surface area contributed by atoms with Crippen LogP contribution in [0.1, 0.15) is 24.0 Å². The van der Waals surface area contributed by atoms with E-state index < -0.39 is 0 Å². The SMILES string of the molecule is Cc1cc(Cl)cnc1NCc1ccccc1N(C)C1CCN(C)CC1. The number of hydrogen-bond donors (Lipinski definition) is 1. The first-order chi connectivity index (χ1) is 12.0. The fraction of sp³-hybridized carbons (Fsp3) is 0.450. The summed E-state index contributed by atoms with van der Waals surface area (Å²) in [6.45, 7) is 5.12. The Bertz CT molecular complexity index is 711. The van der Waals surface area contributed by atoms with Crippen LogP contribution in [0.3, 0.4) is 0 Å². The highest BCUT2D eigenvalue weighted by molar-refractivity contribution is 6.30. The number of halogens is 1. The predicted octanol–water partition coefficient (Wildman–Crippen LogP) is 4.19. The van der Waals surface area contributed by atoms with Crippen LogP contribution >= 0.6 is 11.6 Å². The summed E-state index contributed by atoms with van der Waals surface area (Å²) in [5.41, 5.74) is 3.66. The molecule has 1 fully saturated rings. The van der Waals surface area contributed by atoms with E-state index in [0.717, 1.165) is 17.9 Å². The van der Waals surface area contributed by atoms with Crippen LogP contribution in [0.15, 0.2) is 36.5 Å². The molecule has 3 rings (SSSR count). The van der Waals surface area contributed by atoms with E-state index in [2.05, 4.69) is 58.5 Å². The Kier molecular flexibility index (Phi) is 5.82. The van der Waals surface area contributed by atoms with Crippen molar-refractivity contribution in [3.05, 3.63) is 52.7 Å². The van der Waals surface area contributed by atoms with Gasteiger partial charge in [0.2, 0.25) is 0 Å². The Balaban J connectivity index is 1.72. The van der Waals surface area contributed by atoms with Gasteiger partial charge in [0.15, 0.2) is 0 Å². The molecule has 0 amide bonds. The van der Waals surface area contributed by atoms with Gasteiger partial charge in [0.25, 0.3) is 0 Å². The lowest BCUT2D eigenvalue weighted by molar-refractivity contribution is 0.253. The van der Waals surface area contributed by atoms with E-state index in [1.54, 1.807) is 6.20 Å². The van der Waals surface area contributed by atoms with E-state index in [1.165, 1.54) is 37.2 Å². The largest absolute Gasteiger partial charge is 0.371 e. The molecule has 0 unspecified atom stereocenters. The van der Waals surface area contributed by atoms with E-state index in [0.29, 0.717) is 11.1 Å². The molecule has 0 radical (unpaired) electrons. The van der Waals surface area contributed by atoms with Gasteiger partial charge in [-0.1, -0.05) is 29.8 Å². The van der Waals surface area contributed by atoms with Gasteiger partial charge in [-0.2, -0.15) is 0 Å². The third-order valence-corrected chi connectivity index (χ3v) is 5.31. The van der Waals surface area contributed by atoms with Gasteiger partial charge >= 0.3 is 0 Å². The minimum absolute atomic E-state index is 0.604. The van der Waals surface area contributed by atoms with Crippen molar-refractivity contribution in [1.29, 1.82) is 0 Å². The average molecular weight is 359 g/mol. The van der Waals surface area contributed by atoms with Crippen LogP contribution in [0.4, 0.5) is 11.5 Å². The van der Waals surface area contributed by atoms with Gasteiger partial charge in [-0.15, -0.1) is 0 Å². The molecule has 1 aromatic carbocycles. The molecule has 2 heterocycles. The van der Waals surface area contributed by atoms with Gasteiger partial charge < -0.3 is 15.1 Å². The maximum atomic E-state index is 6.00. The number of aryl methyl sites for hydroxylation is 1. The van der Waals surface area contributed by atoms with Crippen LogP contribution in [0, 0.1) is 6.92 Å². The molecule has 0 spiro atoms. The van der Waals surface area contributed by atoms with Gasteiger partial charge in [0.1, 0.15) is 5.82 Å². The number of para-hydroxylation sites is 1. The highest BCUT2D eigenvalue weighted by Gasteiger charge is 2.22. The van der Waals surface area contributed by atoms with Crippen molar-refractivity contribution >= 4 is 23.1 Å². The summed E-state index contributed by atoms with van der Waals surface area (Å²) in [6.07, 6.45) is 4.12. The Morgan fingerprint density at radius 2 is 2.00 bits per heavy atom. The Labute approximate surface area is 155 Å². The van der Waals surface area contributed by atoms with Crippen LogP contribution in [0.2, 0.25) is 5.02 Å². The lowest BCUT2D eigenvalue weighted by atomic mass is 10.0. The standard InChI is InChI=1S/C20H27ClN4/c1-15-12-17(21)14-23-20(15)22-13-16-6-4-5-7-19(16)25(3)18-8-10-24(2)11-9-18/h4-7,12,14,18H,8-11,13H2,1-3H3,(H,22,23). The molecule has 0 saturated carbocycles. The molecule has 25 heavy (non-hydrogen) atoms. The fourth-order valence-electron chi connectivity index (χ4n) is 3.49. The first-order valence-corrected chi connectivity index (χ1v) is 9.27. The Morgan fingerprint density at radius 3 is 2.72 bits per heavy atom. The first kappa shape index (κ1) is 18.0. The van der Waals surface area contributed by atoms with E-state index in [-0.39, 0.29) is 0 Å². The molecule has 1 aliphatic rings. The summed E-state index contributed by atoms with van der Waals surface area (Å²) < 4.78 is 0. The molecule has 0 atom stereocenters. The zero-order chi connectivity index (χ0) is 17.8. The molecule has 0 aliphatic carbocycles. The van der Waals surface area contributed by atoms with Gasteiger partial charge in [-0.25, -0.2) is 4.98 Å². The van der Waals surface area contributed by atoms with E-state index in [9.17, 15) is 0 Å². The monoisotopic (exact) mass is 358 g/mol. The van der Waals surface area contributed by atoms with Crippen LogP contribution in [-0.2, 0) is 6.54 Å². The van der Waals surface area contributed by atoms with E-state index >= 15 is 0 Å². The number of anilines is 2. The van der Waals surface area contributed by atoms with Gasteiger partial charge in [-0.3, -0.25) is 0 Å². The van der Waals surface area contributed by atoms with Crippen molar-refractivity contribution in [2.75, 3.05) is 37.4 Å². The Hall–Kier alpha value is -1.78. The summed E-state index contributed by atoms with van der Waals surface area (Å²) in [5, 5.41) is 4.13. The third kappa shape index (κ3) is 4.44. The molecule has 134 valence electrons. The second kappa shape index (κ2) is 8.07. The minimum atomic E-state index is 0.604. The molecule has 1 aliphatic heterocycles. The molecule has 1 aromatic heterocycles. The van der Waals surface area contributed by atoms with Crippen LogP contribution in [0.5, 0.6) is 0 Å². The van der Waals surface area contributed by atoms with Crippen LogP contribution in [0.25, 0.3) is 0 Å². The minimum Gasteiger partial charge on any atom is -0.371 e. The maximum Gasteiger partial charge on any atom is 0.129 e. The summed E-state index contributed by atoms with van der Waals surface area (Å²) >= 11 is 6.00. The zero-order valence-corrected chi connectivity index (χ0v) is 16.1. The van der Waals surface area contributed by atoms with Crippen molar-refractivity contribution in [3.63, 3.8) is 0 Å². The summed E-state index contributed by atoms with van der Waals surface area (Å²) in [4.78, 5) is 9.26. The normalized spacial score (nSPS) is 16.0. The molecular formula is C20H27ClN4. The van der Waals surface area contributed by atoms with Crippen molar-refractivity contribution < 1.29 is 0 Å². The lowest BCUT2D eigenvalue weighted by Crippen LogP contribution is -2.42. The molecule has 4 nitrogen and oxygen atoms in total. The topological polar surface area (TPSA) is 31.4 Å². The number of nitrogens with one attached hydrogen (secondary N) is 1. The third-order valence-electron chi connectivity index (χ3n) is 5.10. The number of nitrogens with zero attached hydrogens (tertiary/aromatic N) is 3. The number of piperidine rings is 1. The highest BCUT2D eigenvalue weighted by Crippen LogP contribution is 2.26. The molecule has 2 aromatic rings. The first-order valence-electron chi connectivity index (χ1n) is 8.90. The molecule has 1 saturated heterocycles. The number of likely N-dealkylation sites (tertiary alicyclic amines) is 1. The van der Waals surface area contributed by atoms with Gasteiger partial charge in [0, 0.05) is 31.5 Å². The lowest BCUT2D eigenvalue weighted by Gasteiger charge is -2.37. The quantitative estimate of drug-likeness (QED) is 0.868. The Morgan fingerprint density at radius 1 is 1.28 bits per heavy atom. The van der Waals surface area contributed by atoms with E-state index in [1.807, 2.05) is 13.0 Å². The molecular weight excluding hydrogens is 332 g/mol. The fourth-order valence-corrected chi connectivity index (χ4v) is 3.70. The van der Waals surface area contributed by atoms with Crippen molar-refractivity contribution in [2.24, 2.45) is 0 Å².